The van der Waals surface area contributed by atoms with Gasteiger partial charge in [-0.2, -0.15) is 0 Å². The molecule has 0 aliphatic carbocycles. The zero-order valence-electron chi connectivity index (χ0n) is 36.4. The molecule has 0 saturated heterocycles. The van der Waals surface area contributed by atoms with Gasteiger partial charge in [0.25, 0.3) is 0 Å². The summed E-state index contributed by atoms with van der Waals surface area (Å²) >= 11 is 1.81. The van der Waals surface area contributed by atoms with Crippen LogP contribution < -0.4 is 0 Å². The number of furan rings is 1. The van der Waals surface area contributed by atoms with E-state index in [-0.39, 0.29) is 0 Å². The summed E-state index contributed by atoms with van der Waals surface area (Å²) < 4.78 is 12.1. The first kappa shape index (κ1) is 37.4. The van der Waals surface area contributed by atoms with Gasteiger partial charge in [0.2, 0.25) is 5.95 Å². The second-order valence-corrected chi connectivity index (χ2v) is 18.7. The lowest BCUT2D eigenvalue weighted by atomic mass is 9.97. The van der Waals surface area contributed by atoms with E-state index in [9.17, 15) is 0 Å². The van der Waals surface area contributed by atoms with Gasteiger partial charge in [-0.05, 0) is 88.1 Å². The van der Waals surface area contributed by atoms with Crippen molar-refractivity contribution in [1.29, 1.82) is 0 Å². The molecule has 0 fully saturated rings. The molecule has 316 valence electrons. The van der Waals surface area contributed by atoms with E-state index < -0.39 is 0 Å². The number of fused-ring (bicyclic) bond motifs is 14. The van der Waals surface area contributed by atoms with E-state index in [0.29, 0.717) is 5.95 Å². The molecule has 0 unspecified atom stereocenters. The number of hydrogen-bond acceptors (Lipinski definition) is 4. The van der Waals surface area contributed by atoms with E-state index in [2.05, 4.69) is 215 Å². The minimum atomic E-state index is 0.646. The van der Waals surface area contributed by atoms with Gasteiger partial charge in [-0.15, -0.1) is 11.3 Å². The first-order valence-electron chi connectivity index (χ1n) is 23.0. The molecule has 15 aromatic rings. The lowest BCUT2D eigenvalue weighted by molar-refractivity contribution is 0.669. The average molecular weight is 885 g/mol. The highest BCUT2D eigenvalue weighted by atomic mass is 32.1. The fourth-order valence-corrected chi connectivity index (χ4v) is 12.1. The van der Waals surface area contributed by atoms with Gasteiger partial charge in [0, 0.05) is 63.9 Å². The van der Waals surface area contributed by atoms with Gasteiger partial charge in [0.05, 0.1) is 33.3 Å². The molecule has 0 spiro atoms. The zero-order valence-corrected chi connectivity index (χ0v) is 37.2. The Hall–Kier alpha value is -8.84. The van der Waals surface area contributed by atoms with Crippen LogP contribution in [-0.4, -0.2) is 19.1 Å². The van der Waals surface area contributed by atoms with E-state index in [1.54, 1.807) is 0 Å². The van der Waals surface area contributed by atoms with Crippen molar-refractivity contribution in [2.45, 2.75) is 0 Å². The number of para-hydroxylation sites is 2. The van der Waals surface area contributed by atoms with Gasteiger partial charge < -0.3 is 8.98 Å². The summed E-state index contributed by atoms with van der Waals surface area (Å²) in [4.78, 5) is 12.4. The minimum Gasteiger partial charge on any atom is -0.456 e. The monoisotopic (exact) mass is 884 g/mol. The third-order valence-electron chi connectivity index (χ3n) is 13.9. The van der Waals surface area contributed by atoms with E-state index in [1.165, 1.54) is 42.2 Å². The Kier molecular flexibility index (Phi) is 7.88. The van der Waals surface area contributed by atoms with E-state index in [0.717, 1.165) is 93.6 Å². The Labute approximate surface area is 393 Å². The molecule has 5 nitrogen and oxygen atoms in total. The number of benzene rings is 10. The molecule has 68 heavy (non-hydrogen) atoms. The lowest BCUT2D eigenvalue weighted by Gasteiger charge is -2.13. The summed E-state index contributed by atoms with van der Waals surface area (Å²) in [7, 11) is 0. The van der Waals surface area contributed by atoms with Crippen molar-refractivity contribution in [2.24, 2.45) is 0 Å². The van der Waals surface area contributed by atoms with Crippen LogP contribution in [0.4, 0.5) is 0 Å². The zero-order chi connectivity index (χ0) is 44.5. The first-order chi connectivity index (χ1) is 33.7. The topological polar surface area (TPSA) is 48.8 Å². The van der Waals surface area contributed by atoms with Crippen LogP contribution in [0.2, 0.25) is 0 Å². The second kappa shape index (κ2) is 14.3. The fourth-order valence-electron chi connectivity index (χ4n) is 10.9. The smallest absolute Gasteiger partial charge is 0.235 e. The van der Waals surface area contributed by atoms with Gasteiger partial charge in [0.1, 0.15) is 11.2 Å². The van der Waals surface area contributed by atoms with Crippen molar-refractivity contribution < 1.29 is 4.42 Å². The standard InChI is InChI=1S/C62H36N4OS/c1-3-15-38(16-4-1)56-35-41-27-31-50-58(61(41)68-56)59(39-17-5-2-6-18-39)64-62(63-50)66-52-32-28-40(34-48(52)46-30-26-37-14-7-8-19-44(37)60(46)66)43-22-13-24-53-57(43)47-21-9-11-23-51(47)65(53)42-29-33-55-49(36-42)45-20-10-12-25-54(45)67-55/h1-36H. The number of nitrogens with zero attached hydrogens (tertiary/aromatic N) is 4. The molecule has 0 aliphatic heterocycles. The van der Waals surface area contributed by atoms with Crippen molar-refractivity contribution in [1.82, 2.24) is 19.1 Å². The van der Waals surface area contributed by atoms with Crippen molar-refractivity contribution in [3.63, 3.8) is 0 Å². The van der Waals surface area contributed by atoms with E-state index in [4.69, 9.17) is 14.4 Å². The summed E-state index contributed by atoms with van der Waals surface area (Å²) in [6.07, 6.45) is 0. The van der Waals surface area contributed by atoms with Crippen LogP contribution in [0.5, 0.6) is 0 Å². The molecule has 0 N–H and O–H groups in total. The molecule has 5 heterocycles. The van der Waals surface area contributed by atoms with Crippen LogP contribution in [0, 0.1) is 0 Å². The molecule has 0 aliphatic rings. The Morgan fingerprint density at radius 3 is 2.00 bits per heavy atom. The average Bonchev–Trinajstić information content (AvgIpc) is 4.18. The van der Waals surface area contributed by atoms with Gasteiger partial charge >= 0.3 is 0 Å². The largest absolute Gasteiger partial charge is 0.456 e. The quantitative estimate of drug-likeness (QED) is 0.173. The number of thiophene rings is 1. The summed E-state index contributed by atoms with van der Waals surface area (Å²) in [6.45, 7) is 0. The summed E-state index contributed by atoms with van der Waals surface area (Å²) in [5, 5.41) is 11.5. The molecule has 5 aromatic heterocycles. The van der Waals surface area contributed by atoms with E-state index in [1.807, 2.05) is 23.5 Å². The van der Waals surface area contributed by atoms with Crippen molar-refractivity contribution in [2.75, 3.05) is 0 Å². The SMILES string of the molecule is c1ccc(-c2cc3ccc4nc(-n5c6ccc(-c7cccc8c7c7ccccc7n8-c7ccc8oc9ccccc9c8c7)cc6c6ccc7ccccc7c65)nc(-c5ccccc5)c4c3s2)cc1. The highest BCUT2D eigenvalue weighted by Gasteiger charge is 2.23. The molecular weight excluding hydrogens is 849 g/mol. The molecule has 0 saturated carbocycles. The molecular formula is C62H36N4OS. The Balaban J connectivity index is 0.974. The van der Waals surface area contributed by atoms with Gasteiger partial charge in [-0.1, -0.05) is 158 Å². The van der Waals surface area contributed by atoms with Crippen molar-refractivity contribution in [3.8, 4) is 44.5 Å². The van der Waals surface area contributed by atoms with Crippen LogP contribution in [0.3, 0.4) is 0 Å². The van der Waals surface area contributed by atoms with Crippen LogP contribution in [0.15, 0.2) is 223 Å². The molecule has 0 amide bonds. The maximum Gasteiger partial charge on any atom is 0.235 e. The highest BCUT2D eigenvalue weighted by Crippen LogP contribution is 2.45. The van der Waals surface area contributed by atoms with Crippen LogP contribution in [-0.2, 0) is 0 Å². The highest BCUT2D eigenvalue weighted by molar-refractivity contribution is 7.23. The number of rotatable bonds is 5. The molecule has 0 bridgehead atoms. The maximum absolute atomic E-state index is 6.25. The Bertz CT molecular complexity index is 4560. The predicted octanol–water partition coefficient (Wildman–Crippen LogP) is 17.1. The van der Waals surface area contributed by atoms with Crippen LogP contribution in [0.25, 0.3) is 142 Å². The number of hydrogen-bond donors (Lipinski definition) is 0. The third-order valence-corrected chi connectivity index (χ3v) is 15.1. The summed E-state index contributed by atoms with van der Waals surface area (Å²) in [6, 6.07) is 78.4. The van der Waals surface area contributed by atoms with E-state index >= 15 is 0 Å². The normalized spacial score (nSPS) is 12.1. The van der Waals surface area contributed by atoms with Gasteiger partial charge in [0.15, 0.2) is 0 Å². The third kappa shape index (κ3) is 5.43. The molecule has 15 rings (SSSR count). The molecule has 10 aromatic carbocycles. The minimum absolute atomic E-state index is 0.646. The van der Waals surface area contributed by atoms with Crippen LogP contribution >= 0.6 is 11.3 Å². The van der Waals surface area contributed by atoms with Gasteiger partial charge in [-0.3, -0.25) is 4.57 Å². The summed E-state index contributed by atoms with van der Waals surface area (Å²) in [5.41, 5.74) is 13.8. The van der Waals surface area contributed by atoms with Crippen molar-refractivity contribution >= 4 is 109 Å². The van der Waals surface area contributed by atoms with Crippen LogP contribution in [0.1, 0.15) is 0 Å². The fraction of sp³-hybridized carbons (Fsp3) is 0. The van der Waals surface area contributed by atoms with Crippen molar-refractivity contribution in [3.05, 3.63) is 218 Å². The molecule has 6 heteroatoms. The molecule has 0 atom stereocenters. The number of aromatic nitrogens is 4. The maximum atomic E-state index is 6.25. The summed E-state index contributed by atoms with van der Waals surface area (Å²) in [5.74, 6) is 0.646. The first-order valence-corrected chi connectivity index (χ1v) is 23.8. The lowest BCUT2D eigenvalue weighted by Crippen LogP contribution is -2.04. The second-order valence-electron chi connectivity index (χ2n) is 17.7. The Morgan fingerprint density at radius 1 is 0.397 bits per heavy atom. The molecule has 0 radical (unpaired) electrons. The van der Waals surface area contributed by atoms with Gasteiger partial charge in [-0.25, -0.2) is 9.97 Å². The Morgan fingerprint density at radius 2 is 1.12 bits per heavy atom. The predicted molar refractivity (Wildman–Crippen MR) is 285 cm³/mol.